The first-order valence-electron chi connectivity index (χ1n) is 9.12. The van der Waals surface area contributed by atoms with Gasteiger partial charge in [-0.05, 0) is 54.6 Å². The third kappa shape index (κ3) is 3.47. The van der Waals surface area contributed by atoms with Gasteiger partial charge in [0.1, 0.15) is 16.7 Å². The zero-order valence-corrected chi connectivity index (χ0v) is 16.0. The molecule has 1 aromatic heterocycles. The Bertz CT molecular complexity index is 823. The van der Waals surface area contributed by atoms with Crippen LogP contribution in [0.5, 0.6) is 0 Å². The van der Waals surface area contributed by atoms with Crippen LogP contribution in [0.3, 0.4) is 0 Å². The number of pyridine rings is 1. The smallest absolute Gasteiger partial charge is 0.122 e. The van der Waals surface area contributed by atoms with E-state index in [2.05, 4.69) is 28.1 Å². The topological polar surface area (TPSA) is 59.5 Å². The molecule has 138 valence electrons. The quantitative estimate of drug-likeness (QED) is 0.779. The standard InChI is InChI=1S/C20H25N3O2S/c1-26(24,25)23-15-19-6-3-2-5-18(19)13-20(16-23)9-4-12-22(20)14-17-7-10-21-11-8-17/h2-3,5-8,10-11H,4,9,12-16H2,1H3. The number of sulfonamides is 1. The Balaban J connectivity index is 1.71. The fourth-order valence-corrected chi connectivity index (χ4v) is 5.28. The molecule has 2 aliphatic rings. The monoisotopic (exact) mass is 371 g/mol. The van der Waals surface area contributed by atoms with Crippen molar-refractivity contribution in [2.24, 2.45) is 0 Å². The summed E-state index contributed by atoms with van der Waals surface area (Å²) in [5.41, 5.74) is 3.49. The van der Waals surface area contributed by atoms with Gasteiger partial charge in [-0.3, -0.25) is 9.88 Å². The molecule has 2 aliphatic heterocycles. The van der Waals surface area contributed by atoms with Crippen molar-refractivity contribution in [3.05, 3.63) is 65.5 Å². The third-order valence-electron chi connectivity index (χ3n) is 5.79. The van der Waals surface area contributed by atoms with Crippen LogP contribution in [0.25, 0.3) is 0 Å². The van der Waals surface area contributed by atoms with Crippen LogP contribution in [0, 0.1) is 0 Å². The lowest BCUT2D eigenvalue weighted by molar-refractivity contribution is 0.104. The van der Waals surface area contributed by atoms with Crippen LogP contribution < -0.4 is 0 Å². The van der Waals surface area contributed by atoms with Crippen LogP contribution in [0.4, 0.5) is 0 Å². The van der Waals surface area contributed by atoms with E-state index in [1.165, 1.54) is 17.4 Å². The maximum absolute atomic E-state index is 12.5. The van der Waals surface area contributed by atoms with E-state index in [0.717, 1.165) is 37.9 Å². The number of rotatable bonds is 3. The van der Waals surface area contributed by atoms with Crippen molar-refractivity contribution in [3.8, 4) is 0 Å². The Morgan fingerprint density at radius 1 is 1.19 bits per heavy atom. The van der Waals surface area contributed by atoms with Crippen LogP contribution in [0.15, 0.2) is 48.8 Å². The molecule has 0 radical (unpaired) electrons. The minimum atomic E-state index is -3.25. The van der Waals surface area contributed by atoms with Gasteiger partial charge >= 0.3 is 0 Å². The molecular weight excluding hydrogens is 346 g/mol. The Morgan fingerprint density at radius 3 is 2.65 bits per heavy atom. The molecule has 2 aromatic rings. The molecule has 2 atom stereocenters. The molecule has 0 amide bonds. The van der Waals surface area contributed by atoms with Gasteiger partial charge < -0.3 is 4.55 Å². The summed E-state index contributed by atoms with van der Waals surface area (Å²) >= 11 is 0. The second-order valence-corrected chi connectivity index (χ2v) is 9.56. The molecule has 1 fully saturated rings. The molecular formula is C20H25N3O2S. The van der Waals surface area contributed by atoms with Gasteiger partial charge in [0.15, 0.2) is 0 Å². The van der Waals surface area contributed by atoms with Crippen LogP contribution in [0.2, 0.25) is 0 Å². The minimum absolute atomic E-state index is 0.140. The fraction of sp³-hybridized carbons (Fsp3) is 0.450. The lowest BCUT2D eigenvalue weighted by Gasteiger charge is -2.40. The van der Waals surface area contributed by atoms with Crippen molar-refractivity contribution in [2.45, 2.75) is 37.9 Å². The number of aromatic nitrogens is 1. The largest absolute Gasteiger partial charge is 0.598 e. The number of nitrogens with zero attached hydrogens (tertiary/aromatic N) is 3. The molecule has 5 nitrogen and oxygen atoms in total. The molecule has 3 heterocycles. The van der Waals surface area contributed by atoms with Crippen molar-refractivity contribution in [2.75, 3.05) is 19.3 Å². The highest BCUT2D eigenvalue weighted by Gasteiger charge is 2.46. The minimum Gasteiger partial charge on any atom is -0.598 e. The Kier molecular flexibility index (Phi) is 4.69. The van der Waals surface area contributed by atoms with E-state index >= 15 is 0 Å². The Labute approximate surface area is 156 Å². The Morgan fingerprint density at radius 2 is 1.92 bits per heavy atom. The molecule has 0 saturated carbocycles. The molecule has 1 aromatic carbocycles. The van der Waals surface area contributed by atoms with E-state index in [4.69, 9.17) is 0 Å². The summed E-state index contributed by atoms with van der Waals surface area (Å²) in [4.78, 5) is 6.60. The predicted octanol–water partition coefficient (Wildman–Crippen LogP) is 2.65. The van der Waals surface area contributed by atoms with E-state index in [1.54, 1.807) is 4.31 Å². The molecule has 2 unspecified atom stereocenters. The average Bonchev–Trinajstić information content (AvgIpc) is 2.88. The lowest BCUT2D eigenvalue weighted by Crippen LogP contribution is -2.53. The van der Waals surface area contributed by atoms with Gasteiger partial charge in [0, 0.05) is 24.5 Å². The molecule has 1 spiro atoms. The van der Waals surface area contributed by atoms with Crippen LogP contribution in [-0.4, -0.2) is 43.6 Å². The zero-order chi connectivity index (χ0) is 18.2. The summed E-state index contributed by atoms with van der Waals surface area (Å²) in [6.07, 6.45) is 8.01. The normalized spacial score (nSPS) is 26.4. The maximum atomic E-state index is 12.5. The first kappa shape index (κ1) is 17.8. The van der Waals surface area contributed by atoms with Gasteiger partial charge in [-0.1, -0.05) is 28.5 Å². The molecule has 4 rings (SSSR count). The van der Waals surface area contributed by atoms with E-state index < -0.39 is 10.4 Å². The van der Waals surface area contributed by atoms with Gasteiger partial charge in [-0.15, -0.1) is 4.31 Å². The number of hydrogen-bond acceptors (Lipinski definition) is 4. The van der Waals surface area contributed by atoms with E-state index in [1.807, 2.05) is 30.6 Å². The van der Waals surface area contributed by atoms with E-state index in [-0.39, 0.29) is 5.54 Å². The molecule has 0 bridgehead atoms. The zero-order valence-electron chi connectivity index (χ0n) is 15.1. The van der Waals surface area contributed by atoms with Gasteiger partial charge in [-0.2, -0.15) is 0 Å². The summed E-state index contributed by atoms with van der Waals surface area (Å²) in [6, 6.07) is 12.4. The van der Waals surface area contributed by atoms with Crippen LogP contribution in [0.1, 0.15) is 29.5 Å². The highest BCUT2D eigenvalue weighted by atomic mass is 32.3. The highest BCUT2D eigenvalue weighted by Crippen LogP contribution is 2.39. The number of hydrogen-bond donors (Lipinski definition) is 0. The fourth-order valence-electron chi connectivity index (χ4n) is 4.43. The van der Waals surface area contributed by atoms with Gasteiger partial charge in [0.25, 0.3) is 0 Å². The number of benzene rings is 1. The van der Waals surface area contributed by atoms with Crippen molar-refractivity contribution < 1.29 is 8.76 Å². The summed E-state index contributed by atoms with van der Waals surface area (Å²) in [6.45, 7) is 2.87. The molecule has 0 N–H and O–H groups in total. The van der Waals surface area contributed by atoms with Gasteiger partial charge in [0.2, 0.25) is 0 Å². The molecule has 0 aliphatic carbocycles. The molecule has 1 saturated heterocycles. The SMILES string of the molecule is C[S+](=O)([O-])N1Cc2ccccc2CC2(CCCN2Cc2ccncc2)C1. The third-order valence-corrected chi connectivity index (χ3v) is 6.98. The van der Waals surface area contributed by atoms with Crippen molar-refractivity contribution in [3.63, 3.8) is 0 Å². The average molecular weight is 372 g/mol. The van der Waals surface area contributed by atoms with Crippen molar-refractivity contribution >= 4 is 10.4 Å². The Hall–Kier alpha value is -1.60. The van der Waals surface area contributed by atoms with Crippen LogP contribution in [-0.2, 0) is 34.1 Å². The molecule has 6 heteroatoms. The second-order valence-electron chi connectivity index (χ2n) is 7.58. The van der Waals surface area contributed by atoms with Gasteiger partial charge in [-0.25, -0.2) is 0 Å². The summed E-state index contributed by atoms with van der Waals surface area (Å²) in [5, 5.41) is 0. The van der Waals surface area contributed by atoms with Crippen molar-refractivity contribution in [1.82, 2.24) is 14.2 Å². The van der Waals surface area contributed by atoms with Crippen molar-refractivity contribution in [1.29, 1.82) is 0 Å². The summed E-state index contributed by atoms with van der Waals surface area (Å²) < 4.78 is 26.6. The first-order chi connectivity index (χ1) is 12.5. The second kappa shape index (κ2) is 6.85. The van der Waals surface area contributed by atoms with E-state index in [0.29, 0.717) is 13.1 Å². The summed E-state index contributed by atoms with van der Waals surface area (Å²) in [5.74, 6) is 0. The van der Waals surface area contributed by atoms with E-state index in [9.17, 15) is 8.76 Å². The lowest BCUT2D eigenvalue weighted by atomic mass is 9.87. The maximum Gasteiger partial charge on any atom is 0.122 e. The highest BCUT2D eigenvalue weighted by molar-refractivity contribution is 7.94. The van der Waals surface area contributed by atoms with Crippen LogP contribution >= 0.6 is 0 Å². The molecule has 26 heavy (non-hydrogen) atoms. The summed E-state index contributed by atoms with van der Waals surface area (Å²) in [7, 11) is -3.25. The predicted molar refractivity (Wildman–Crippen MR) is 102 cm³/mol. The number of likely N-dealkylation sites (tertiary alicyclic amines) is 1. The van der Waals surface area contributed by atoms with Gasteiger partial charge in [0.05, 0.1) is 13.1 Å². The number of fused-ring (bicyclic) bond motifs is 1. The first-order valence-corrected chi connectivity index (χ1v) is 11.0.